The van der Waals surface area contributed by atoms with Crippen LogP contribution in [0.15, 0.2) is 53.1 Å². The highest BCUT2D eigenvalue weighted by molar-refractivity contribution is 7.89. The topological polar surface area (TPSA) is 88.4 Å². The third kappa shape index (κ3) is 5.22. The second-order valence-electron chi connectivity index (χ2n) is 5.06. The van der Waals surface area contributed by atoms with E-state index in [2.05, 4.69) is 10.0 Å². The second-order valence-corrected chi connectivity index (χ2v) is 7.10. The normalized spacial score (nSPS) is 12.7. The summed E-state index contributed by atoms with van der Waals surface area (Å²) in [5, 5.41) is 2.64. The van der Waals surface area contributed by atoms with Crippen LogP contribution in [0.3, 0.4) is 0 Å². The Morgan fingerprint density at radius 2 is 1.91 bits per heavy atom. The minimum absolute atomic E-state index is 0.0711. The quantitative estimate of drug-likeness (QED) is 0.764. The Morgan fingerprint density at radius 1 is 1.17 bits per heavy atom. The van der Waals surface area contributed by atoms with Gasteiger partial charge >= 0.3 is 0 Å². The van der Waals surface area contributed by atoms with Crippen molar-refractivity contribution in [2.45, 2.75) is 12.3 Å². The molecule has 1 aromatic carbocycles. The average Bonchev–Trinajstić information content (AvgIpc) is 3.07. The van der Waals surface area contributed by atoms with E-state index in [-0.39, 0.29) is 30.5 Å². The lowest BCUT2D eigenvalue weighted by molar-refractivity contribution is -0.121. The maximum Gasteiger partial charge on any atom is 0.221 e. The van der Waals surface area contributed by atoms with E-state index in [1.807, 2.05) is 36.4 Å². The summed E-state index contributed by atoms with van der Waals surface area (Å²) in [5.74, 6) is 0.134. The van der Waals surface area contributed by atoms with Gasteiger partial charge in [-0.15, -0.1) is 0 Å². The molecule has 0 radical (unpaired) electrons. The summed E-state index contributed by atoms with van der Waals surface area (Å²) >= 11 is 0. The first-order chi connectivity index (χ1) is 11.0. The van der Waals surface area contributed by atoms with Gasteiger partial charge in [0, 0.05) is 13.0 Å². The molecule has 0 spiro atoms. The molecule has 2 rings (SSSR count). The number of carbonyl (C=O) groups excluding carboxylic acids is 1. The van der Waals surface area contributed by atoms with Gasteiger partial charge in [0.1, 0.15) is 5.76 Å². The molecular weight excluding hydrogens is 316 g/mol. The van der Waals surface area contributed by atoms with Gasteiger partial charge in [0.25, 0.3) is 0 Å². The first-order valence-corrected chi connectivity index (χ1v) is 8.93. The molecule has 23 heavy (non-hydrogen) atoms. The molecule has 1 unspecified atom stereocenters. The lowest BCUT2D eigenvalue weighted by Gasteiger charge is -2.15. The number of sulfonamides is 1. The molecule has 124 valence electrons. The molecule has 0 bridgehead atoms. The fraction of sp³-hybridized carbons (Fsp3) is 0.312. The van der Waals surface area contributed by atoms with Crippen LogP contribution >= 0.6 is 0 Å². The molecule has 6 nitrogen and oxygen atoms in total. The summed E-state index contributed by atoms with van der Waals surface area (Å²) in [6.07, 6.45) is 1.76. The van der Waals surface area contributed by atoms with Gasteiger partial charge in [0.05, 0.1) is 17.9 Å². The van der Waals surface area contributed by atoms with Crippen LogP contribution in [0.4, 0.5) is 0 Å². The Labute approximate surface area is 135 Å². The van der Waals surface area contributed by atoms with Crippen molar-refractivity contribution >= 4 is 15.9 Å². The van der Waals surface area contributed by atoms with Crippen LogP contribution in [0.2, 0.25) is 0 Å². The van der Waals surface area contributed by atoms with Crippen LogP contribution in [-0.2, 0) is 14.8 Å². The predicted octanol–water partition coefficient (Wildman–Crippen LogP) is 1.47. The molecule has 0 aliphatic heterocycles. The number of furan rings is 1. The lowest BCUT2D eigenvalue weighted by Crippen LogP contribution is -2.33. The van der Waals surface area contributed by atoms with Gasteiger partial charge in [-0.25, -0.2) is 13.1 Å². The molecule has 0 saturated carbocycles. The number of rotatable bonds is 8. The smallest absolute Gasteiger partial charge is 0.221 e. The van der Waals surface area contributed by atoms with Crippen LogP contribution in [0, 0.1) is 0 Å². The summed E-state index contributed by atoms with van der Waals surface area (Å²) in [6.45, 7) is 0.0711. The maximum atomic E-state index is 12.1. The van der Waals surface area contributed by atoms with Crippen LogP contribution in [-0.4, -0.2) is 33.7 Å². The Bertz CT molecular complexity index is 712. The van der Waals surface area contributed by atoms with Gasteiger partial charge in [-0.05, 0) is 24.7 Å². The molecule has 1 atom stereocenters. The van der Waals surface area contributed by atoms with Crippen molar-refractivity contribution in [3.05, 3.63) is 60.1 Å². The van der Waals surface area contributed by atoms with Crippen LogP contribution in [0.1, 0.15) is 23.7 Å². The number of hydrogen-bond acceptors (Lipinski definition) is 4. The Balaban J connectivity index is 2.00. The minimum atomic E-state index is -3.32. The maximum absolute atomic E-state index is 12.1. The zero-order valence-electron chi connectivity index (χ0n) is 12.9. The van der Waals surface area contributed by atoms with Gasteiger partial charge in [-0.3, -0.25) is 4.79 Å². The monoisotopic (exact) mass is 336 g/mol. The van der Waals surface area contributed by atoms with E-state index in [1.54, 1.807) is 12.3 Å². The summed E-state index contributed by atoms with van der Waals surface area (Å²) in [4.78, 5) is 12.1. The first-order valence-electron chi connectivity index (χ1n) is 7.28. The molecule has 1 amide bonds. The standard InChI is InChI=1S/C16H20N2O4S/c1-17-23(20,21)11-9-18-16(19)12-14(15-8-5-10-22-15)13-6-3-2-4-7-13/h2-8,10,14,17H,9,11-12H2,1H3,(H,18,19). The predicted molar refractivity (Wildman–Crippen MR) is 87.5 cm³/mol. The van der Waals surface area contributed by atoms with Crippen molar-refractivity contribution in [2.24, 2.45) is 0 Å². The van der Waals surface area contributed by atoms with Crippen molar-refractivity contribution in [1.82, 2.24) is 10.0 Å². The number of carbonyl (C=O) groups is 1. The summed E-state index contributed by atoms with van der Waals surface area (Å²) in [6, 6.07) is 13.2. The van der Waals surface area contributed by atoms with Gasteiger partial charge in [-0.1, -0.05) is 30.3 Å². The summed E-state index contributed by atoms with van der Waals surface area (Å²) < 4.78 is 30.3. The van der Waals surface area contributed by atoms with Gasteiger partial charge in [0.2, 0.25) is 15.9 Å². The van der Waals surface area contributed by atoms with Crippen molar-refractivity contribution in [1.29, 1.82) is 0 Å². The fourth-order valence-corrected chi connectivity index (χ4v) is 2.82. The van der Waals surface area contributed by atoms with E-state index >= 15 is 0 Å². The Morgan fingerprint density at radius 3 is 2.52 bits per heavy atom. The van der Waals surface area contributed by atoms with E-state index in [1.165, 1.54) is 7.05 Å². The molecule has 2 N–H and O–H groups in total. The van der Waals surface area contributed by atoms with Crippen molar-refractivity contribution in [3.63, 3.8) is 0 Å². The zero-order chi connectivity index (χ0) is 16.7. The fourth-order valence-electron chi connectivity index (χ4n) is 2.24. The molecule has 0 fully saturated rings. The molecule has 1 aromatic heterocycles. The van der Waals surface area contributed by atoms with Crippen LogP contribution in [0.25, 0.3) is 0 Å². The van der Waals surface area contributed by atoms with E-state index in [0.29, 0.717) is 5.76 Å². The summed E-state index contributed by atoms with van der Waals surface area (Å²) in [5.41, 5.74) is 0.973. The number of nitrogens with one attached hydrogen (secondary N) is 2. The molecule has 0 saturated heterocycles. The highest BCUT2D eigenvalue weighted by atomic mass is 32.2. The molecular formula is C16H20N2O4S. The molecule has 7 heteroatoms. The molecule has 0 aliphatic carbocycles. The third-order valence-electron chi connectivity index (χ3n) is 3.48. The van der Waals surface area contributed by atoms with Gasteiger partial charge < -0.3 is 9.73 Å². The third-order valence-corrected chi connectivity index (χ3v) is 4.85. The zero-order valence-corrected chi connectivity index (χ0v) is 13.7. The van der Waals surface area contributed by atoms with E-state index in [9.17, 15) is 13.2 Å². The SMILES string of the molecule is CNS(=O)(=O)CCNC(=O)CC(c1ccccc1)c1ccco1. The minimum Gasteiger partial charge on any atom is -0.469 e. The Hall–Kier alpha value is -2.12. The lowest BCUT2D eigenvalue weighted by atomic mass is 9.93. The number of amides is 1. The largest absolute Gasteiger partial charge is 0.469 e. The van der Waals surface area contributed by atoms with Crippen molar-refractivity contribution < 1.29 is 17.6 Å². The van der Waals surface area contributed by atoms with E-state index in [4.69, 9.17) is 4.42 Å². The number of benzene rings is 1. The van der Waals surface area contributed by atoms with E-state index in [0.717, 1.165) is 5.56 Å². The van der Waals surface area contributed by atoms with Crippen molar-refractivity contribution in [3.8, 4) is 0 Å². The van der Waals surface area contributed by atoms with Crippen LogP contribution < -0.4 is 10.0 Å². The molecule has 1 heterocycles. The molecule has 2 aromatic rings. The highest BCUT2D eigenvalue weighted by Gasteiger charge is 2.20. The number of hydrogen-bond donors (Lipinski definition) is 2. The van der Waals surface area contributed by atoms with Crippen LogP contribution in [0.5, 0.6) is 0 Å². The van der Waals surface area contributed by atoms with Gasteiger partial charge in [-0.2, -0.15) is 0 Å². The first kappa shape index (κ1) is 17.2. The van der Waals surface area contributed by atoms with Crippen molar-refractivity contribution in [2.75, 3.05) is 19.3 Å². The Kier molecular flexibility index (Phi) is 5.95. The molecule has 0 aliphatic rings. The van der Waals surface area contributed by atoms with Gasteiger partial charge in [0.15, 0.2) is 0 Å². The highest BCUT2D eigenvalue weighted by Crippen LogP contribution is 2.28. The second kappa shape index (κ2) is 7.94. The average molecular weight is 336 g/mol. The van der Waals surface area contributed by atoms with E-state index < -0.39 is 10.0 Å². The summed E-state index contributed by atoms with van der Waals surface area (Å²) in [7, 11) is -1.98.